The quantitative estimate of drug-likeness (QED) is 0.437. The zero-order chi connectivity index (χ0) is 23.5. The van der Waals surface area contributed by atoms with Gasteiger partial charge >= 0.3 is 0 Å². The third kappa shape index (κ3) is 4.97. The molecule has 180 valence electrons. The molecule has 2 aliphatic rings. The SMILES string of the molecule is CC(=O)N[C@@H]1[C@@H](O)[C@H](O)[C@@H](CO)O[C@H]1n1nc(COc2ccccc2)n(C2CCCC2)c1=S. The number of hydrogen-bond acceptors (Lipinski definition) is 8. The second-order valence-corrected chi connectivity index (χ2v) is 8.87. The number of benzene rings is 1. The van der Waals surface area contributed by atoms with Crippen LogP contribution in [0.3, 0.4) is 0 Å². The van der Waals surface area contributed by atoms with E-state index in [2.05, 4.69) is 10.4 Å². The molecule has 1 aliphatic heterocycles. The van der Waals surface area contributed by atoms with Crippen molar-refractivity contribution in [1.82, 2.24) is 19.7 Å². The molecule has 0 radical (unpaired) electrons. The Kier molecular flexibility index (Phi) is 7.45. The molecule has 4 rings (SSSR count). The van der Waals surface area contributed by atoms with Gasteiger partial charge in [-0.2, -0.15) is 5.10 Å². The Hall–Kier alpha value is -2.31. The molecule has 1 aromatic heterocycles. The van der Waals surface area contributed by atoms with Gasteiger partial charge in [-0.15, -0.1) is 0 Å². The number of aliphatic hydroxyl groups is 3. The van der Waals surface area contributed by atoms with E-state index in [4.69, 9.17) is 21.7 Å². The van der Waals surface area contributed by atoms with Crippen molar-refractivity contribution in [2.75, 3.05) is 6.61 Å². The maximum atomic E-state index is 11.8. The number of rotatable bonds is 7. The second kappa shape index (κ2) is 10.3. The lowest BCUT2D eigenvalue weighted by Crippen LogP contribution is -2.62. The Morgan fingerprint density at radius 2 is 1.94 bits per heavy atom. The molecule has 0 bridgehead atoms. The Bertz CT molecular complexity index is 1010. The summed E-state index contributed by atoms with van der Waals surface area (Å²) in [7, 11) is 0. The summed E-state index contributed by atoms with van der Waals surface area (Å²) in [5.41, 5.74) is 0. The summed E-state index contributed by atoms with van der Waals surface area (Å²) in [6.45, 7) is 0.968. The van der Waals surface area contributed by atoms with E-state index >= 15 is 0 Å². The fourth-order valence-electron chi connectivity index (χ4n) is 4.59. The Balaban J connectivity index is 1.71. The molecule has 1 aromatic carbocycles. The minimum Gasteiger partial charge on any atom is -0.486 e. The van der Waals surface area contributed by atoms with Gasteiger partial charge in [0.25, 0.3) is 0 Å². The molecule has 1 amide bonds. The number of nitrogens with one attached hydrogen (secondary N) is 1. The van der Waals surface area contributed by atoms with Crippen LogP contribution in [0.25, 0.3) is 0 Å². The van der Waals surface area contributed by atoms with Crippen LogP contribution in [0.15, 0.2) is 30.3 Å². The van der Waals surface area contributed by atoms with Crippen LogP contribution in [-0.4, -0.2) is 66.5 Å². The number of aromatic nitrogens is 3. The first-order valence-corrected chi connectivity index (χ1v) is 11.6. The molecule has 0 spiro atoms. The number of hydrogen-bond donors (Lipinski definition) is 4. The normalized spacial score (nSPS) is 28.1. The van der Waals surface area contributed by atoms with E-state index in [9.17, 15) is 20.1 Å². The predicted octanol–water partition coefficient (Wildman–Crippen LogP) is 1.22. The maximum Gasteiger partial charge on any atom is 0.217 e. The summed E-state index contributed by atoms with van der Waals surface area (Å²) < 4.78 is 15.6. The Labute approximate surface area is 196 Å². The maximum absolute atomic E-state index is 11.8. The fourth-order valence-corrected chi connectivity index (χ4v) is 4.99. The molecule has 33 heavy (non-hydrogen) atoms. The standard InChI is InChI=1S/C22H30N4O6S/c1-13(28)23-18-20(30)19(29)16(11-27)32-21(18)26-22(33)25(14-7-5-6-8-14)17(24-26)12-31-15-9-3-2-4-10-15/h2-4,9-10,14,16,18-21,27,29-30H,5-8,11-12H2,1H3,(H,23,28)/t16-,18-,19-,20-,21-/m1/s1. The van der Waals surface area contributed by atoms with Crippen LogP contribution in [0.1, 0.15) is 50.7 Å². The first kappa shape index (κ1) is 23.8. The lowest BCUT2D eigenvalue weighted by atomic mass is 9.96. The molecule has 2 heterocycles. The van der Waals surface area contributed by atoms with E-state index in [1.54, 1.807) is 0 Å². The number of para-hydroxylation sites is 1. The third-order valence-electron chi connectivity index (χ3n) is 6.22. The number of amides is 1. The van der Waals surface area contributed by atoms with Gasteiger partial charge in [-0.1, -0.05) is 31.0 Å². The minimum absolute atomic E-state index is 0.160. The molecule has 2 fully saturated rings. The molecule has 1 saturated carbocycles. The van der Waals surface area contributed by atoms with Crippen molar-refractivity contribution in [3.63, 3.8) is 0 Å². The highest BCUT2D eigenvalue weighted by molar-refractivity contribution is 7.71. The van der Waals surface area contributed by atoms with E-state index in [1.165, 1.54) is 11.6 Å². The van der Waals surface area contributed by atoms with Gasteiger partial charge in [0.05, 0.1) is 6.61 Å². The number of nitrogens with zero attached hydrogens (tertiary/aromatic N) is 3. The van der Waals surface area contributed by atoms with Crippen molar-refractivity contribution >= 4 is 18.1 Å². The average Bonchev–Trinajstić information content (AvgIpc) is 3.44. The highest BCUT2D eigenvalue weighted by Crippen LogP contribution is 2.34. The lowest BCUT2D eigenvalue weighted by Gasteiger charge is -2.42. The Morgan fingerprint density at radius 3 is 2.58 bits per heavy atom. The van der Waals surface area contributed by atoms with Crippen molar-refractivity contribution in [3.8, 4) is 5.75 Å². The van der Waals surface area contributed by atoms with Crippen molar-refractivity contribution in [2.45, 2.75) is 75.8 Å². The van der Waals surface area contributed by atoms with Gasteiger partial charge in [0.1, 0.15) is 36.7 Å². The first-order chi connectivity index (χ1) is 15.9. The van der Waals surface area contributed by atoms with E-state index in [1.807, 2.05) is 34.9 Å². The highest BCUT2D eigenvalue weighted by atomic mass is 32.1. The van der Waals surface area contributed by atoms with E-state index < -0.39 is 43.1 Å². The van der Waals surface area contributed by atoms with Gasteiger partial charge in [-0.25, -0.2) is 4.68 Å². The van der Waals surface area contributed by atoms with Gasteiger partial charge in [-0.3, -0.25) is 9.36 Å². The smallest absolute Gasteiger partial charge is 0.217 e. The van der Waals surface area contributed by atoms with Crippen LogP contribution in [-0.2, 0) is 16.1 Å². The molecular weight excluding hydrogens is 448 g/mol. The number of ether oxygens (including phenoxy) is 2. The van der Waals surface area contributed by atoms with E-state index in [0.717, 1.165) is 25.7 Å². The van der Waals surface area contributed by atoms with Crippen molar-refractivity contribution in [3.05, 3.63) is 40.9 Å². The van der Waals surface area contributed by atoms with Crippen LogP contribution in [0.2, 0.25) is 0 Å². The third-order valence-corrected chi connectivity index (χ3v) is 6.60. The first-order valence-electron chi connectivity index (χ1n) is 11.2. The molecule has 4 N–H and O–H groups in total. The molecule has 10 nitrogen and oxygen atoms in total. The zero-order valence-corrected chi connectivity index (χ0v) is 19.2. The van der Waals surface area contributed by atoms with Gasteiger partial charge in [-0.05, 0) is 37.2 Å². The summed E-state index contributed by atoms with van der Waals surface area (Å²) in [6, 6.07) is 8.52. The van der Waals surface area contributed by atoms with Crippen molar-refractivity contribution < 1.29 is 29.6 Å². The molecule has 5 atom stereocenters. The highest BCUT2D eigenvalue weighted by Gasteiger charge is 2.46. The molecule has 2 aromatic rings. The summed E-state index contributed by atoms with van der Waals surface area (Å²) in [5, 5.41) is 38.0. The Morgan fingerprint density at radius 1 is 1.24 bits per heavy atom. The average molecular weight is 479 g/mol. The van der Waals surface area contributed by atoms with Gasteiger partial charge in [0.15, 0.2) is 12.1 Å². The number of carbonyl (C=O) groups excluding carboxylic acids is 1. The summed E-state index contributed by atoms with van der Waals surface area (Å²) in [4.78, 5) is 11.8. The molecule has 1 aliphatic carbocycles. The van der Waals surface area contributed by atoms with Gasteiger partial charge in [0.2, 0.25) is 10.7 Å². The summed E-state index contributed by atoms with van der Waals surface area (Å²) >= 11 is 5.78. The molecule has 11 heteroatoms. The van der Waals surface area contributed by atoms with Crippen LogP contribution >= 0.6 is 12.2 Å². The van der Waals surface area contributed by atoms with Crippen LogP contribution in [0.5, 0.6) is 5.75 Å². The second-order valence-electron chi connectivity index (χ2n) is 8.51. The predicted molar refractivity (Wildman–Crippen MR) is 120 cm³/mol. The van der Waals surface area contributed by atoms with Crippen LogP contribution in [0, 0.1) is 4.77 Å². The van der Waals surface area contributed by atoms with Gasteiger partial charge in [0, 0.05) is 13.0 Å². The minimum atomic E-state index is -1.38. The van der Waals surface area contributed by atoms with Crippen molar-refractivity contribution in [2.24, 2.45) is 0 Å². The summed E-state index contributed by atoms with van der Waals surface area (Å²) in [6.07, 6.45) is -0.750. The molecule has 1 saturated heterocycles. The van der Waals surface area contributed by atoms with E-state index in [0.29, 0.717) is 16.3 Å². The topological polar surface area (TPSA) is 131 Å². The monoisotopic (exact) mass is 478 g/mol. The molecular formula is C22H30N4O6S. The summed E-state index contributed by atoms with van der Waals surface area (Å²) in [5.74, 6) is 0.888. The van der Waals surface area contributed by atoms with E-state index in [-0.39, 0.29) is 12.6 Å². The number of aliphatic hydroxyl groups excluding tert-OH is 3. The zero-order valence-electron chi connectivity index (χ0n) is 18.4. The van der Waals surface area contributed by atoms with Gasteiger partial charge < -0.3 is 30.1 Å². The lowest BCUT2D eigenvalue weighted by molar-refractivity contribution is -0.219. The van der Waals surface area contributed by atoms with Crippen LogP contribution in [0.4, 0.5) is 0 Å². The fraction of sp³-hybridized carbons (Fsp3) is 0.591. The molecule has 0 unspecified atom stereocenters. The van der Waals surface area contributed by atoms with Crippen LogP contribution < -0.4 is 10.1 Å². The largest absolute Gasteiger partial charge is 0.486 e. The number of carbonyl (C=O) groups is 1. The van der Waals surface area contributed by atoms with Crippen molar-refractivity contribution in [1.29, 1.82) is 0 Å².